The molecule has 2 heteroatoms. The second-order valence-corrected chi connectivity index (χ2v) is 5.04. The lowest BCUT2D eigenvalue weighted by molar-refractivity contribution is 0.104. The Hall–Kier alpha value is -2.35. The average molecular weight is 266 g/mol. The van der Waals surface area contributed by atoms with E-state index in [1.807, 2.05) is 39.0 Å². The SMILES string of the molecule is Cc1cc(C)c(C(=O)/C=C/c2cccc(O)c2)cc1C. The molecule has 0 spiro atoms. The molecule has 0 saturated heterocycles. The molecule has 0 amide bonds. The molecular formula is C18H18O2. The van der Waals surface area contributed by atoms with Gasteiger partial charge < -0.3 is 5.11 Å². The van der Waals surface area contributed by atoms with Gasteiger partial charge in [0.2, 0.25) is 0 Å². The summed E-state index contributed by atoms with van der Waals surface area (Å²) in [6.07, 6.45) is 3.27. The Balaban J connectivity index is 2.27. The Bertz CT molecular complexity index is 682. The number of carbonyl (C=O) groups excluding carboxylic acids is 1. The lowest BCUT2D eigenvalue weighted by Gasteiger charge is -2.07. The standard InChI is InChI=1S/C18H18O2/c1-12-9-14(3)17(10-13(12)2)18(20)8-7-15-5-4-6-16(19)11-15/h4-11,19H,1-3H3/b8-7+. The molecule has 0 aliphatic rings. The van der Waals surface area contributed by atoms with Crippen molar-refractivity contribution in [2.24, 2.45) is 0 Å². The summed E-state index contributed by atoms with van der Waals surface area (Å²) in [7, 11) is 0. The lowest BCUT2D eigenvalue weighted by atomic mass is 9.97. The summed E-state index contributed by atoms with van der Waals surface area (Å²) in [4.78, 5) is 12.2. The van der Waals surface area contributed by atoms with Gasteiger partial charge in [-0.15, -0.1) is 0 Å². The van der Waals surface area contributed by atoms with E-state index in [0.717, 1.165) is 22.3 Å². The third-order valence-corrected chi connectivity index (χ3v) is 3.40. The van der Waals surface area contributed by atoms with Gasteiger partial charge in [-0.1, -0.05) is 24.3 Å². The Morgan fingerprint density at radius 2 is 1.70 bits per heavy atom. The molecular weight excluding hydrogens is 248 g/mol. The van der Waals surface area contributed by atoms with E-state index in [2.05, 4.69) is 0 Å². The first-order valence-electron chi connectivity index (χ1n) is 6.56. The van der Waals surface area contributed by atoms with Gasteiger partial charge in [0.05, 0.1) is 0 Å². The summed E-state index contributed by atoms with van der Waals surface area (Å²) in [6.45, 7) is 5.99. The van der Waals surface area contributed by atoms with E-state index in [1.54, 1.807) is 30.4 Å². The minimum atomic E-state index is -0.0195. The van der Waals surface area contributed by atoms with Gasteiger partial charge in [-0.2, -0.15) is 0 Å². The molecule has 2 aromatic rings. The van der Waals surface area contributed by atoms with Crippen LogP contribution in [0.3, 0.4) is 0 Å². The first kappa shape index (κ1) is 14.1. The van der Waals surface area contributed by atoms with E-state index in [0.29, 0.717) is 0 Å². The van der Waals surface area contributed by atoms with Crippen molar-refractivity contribution in [1.82, 2.24) is 0 Å². The number of ketones is 1. The molecule has 2 rings (SSSR count). The summed E-state index contributed by atoms with van der Waals surface area (Å²) in [5.74, 6) is 0.177. The minimum absolute atomic E-state index is 0.0195. The third kappa shape index (κ3) is 3.15. The second kappa shape index (κ2) is 5.74. The van der Waals surface area contributed by atoms with Gasteiger partial charge in [0.25, 0.3) is 0 Å². The van der Waals surface area contributed by atoms with Gasteiger partial charge in [0, 0.05) is 5.56 Å². The number of aryl methyl sites for hydroxylation is 3. The molecule has 102 valence electrons. The Morgan fingerprint density at radius 1 is 1.00 bits per heavy atom. The number of hydrogen-bond donors (Lipinski definition) is 1. The van der Waals surface area contributed by atoms with Gasteiger partial charge in [-0.05, 0) is 67.3 Å². The predicted molar refractivity (Wildman–Crippen MR) is 82.1 cm³/mol. The van der Waals surface area contributed by atoms with Crippen LogP contribution in [0.15, 0.2) is 42.5 Å². The molecule has 0 aliphatic carbocycles. The summed E-state index contributed by atoms with van der Waals surface area (Å²) in [5, 5.41) is 9.39. The zero-order chi connectivity index (χ0) is 14.7. The highest BCUT2D eigenvalue weighted by Crippen LogP contribution is 2.17. The second-order valence-electron chi connectivity index (χ2n) is 5.04. The number of allylic oxidation sites excluding steroid dienone is 1. The Kier molecular flexibility index (Phi) is 4.04. The van der Waals surface area contributed by atoms with Crippen molar-refractivity contribution < 1.29 is 9.90 Å². The third-order valence-electron chi connectivity index (χ3n) is 3.40. The number of benzene rings is 2. The fourth-order valence-corrected chi connectivity index (χ4v) is 2.12. The van der Waals surface area contributed by atoms with Crippen molar-refractivity contribution in [1.29, 1.82) is 0 Å². The van der Waals surface area contributed by atoms with Crippen molar-refractivity contribution >= 4 is 11.9 Å². The van der Waals surface area contributed by atoms with Crippen LogP contribution in [0, 0.1) is 20.8 Å². The molecule has 20 heavy (non-hydrogen) atoms. The highest BCUT2D eigenvalue weighted by Gasteiger charge is 2.07. The number of aromatic hydroxyl groups is 1. The number of rotatable bonds is 3. The van der Waals surface area contributed by atoms with Crippen LogP contribution < -0.4 is 0 Å². The number of carbonyl (C=O) groups is 1. The van der Waals surface area contributed by atoms with Crippen LogP contribution in [0.1, 0.15) is 32.6 Å². The topological polar surface area (TPSA) is 37.3 Å². The molecule has 0 heterocycles. The molecule has 0 aliphatic heterocycles. The largest absolute Gasteiger partial charge is 0.508 e. The lowest BCUT2D eigenvalue weighted by Crippen LogP contribution is -2.00. The van der Waals surface area contributed by atoms with E-state index < -0.39 is 0 Å². The van der Waals surface area contributed by atoms with Crippen LogP contribution in [-0.2, 0) is 0 Å². The zero-order valence-corrected chi connectivity index (χ0v) is 12.0. The van der Waals surface area contributed by atoms with Gasteiger partial charge >= 0.3 is 0 Å². The van der Waals surface area contributed by atoms with Gasteiger partial charge in [0.1, 0.15) is 5.75 Å². The van der Waals surface area contributed by atoms with Crippen LogP contribution in [0.5, 0.6) is 5.75 Å². The monoisotopic (exact) mass is 266 g/mol. The molecule has 0 radical (unpaired) electrons. The quantitative estimate of drug-likeness (QED) is 0.667. The highest BCUT2D eigenvalue weighted by atomic mass is 16.3. The van der Waals surface area contributed by atoms with Gasteiger partial charge in [-0.25, -0.2) is 0 Å². The van der Waals surface area contributed by atoms with E-state index in [1.165, 1.54) is 5.56 Å². The summed E-state index contributed by atoms with van der Waals surface area (Å²) >= 11 is 0. The van der Waals surface area contributed by atoms with Crippen molar-refractivity contribution in [2.75, 3.05) is 0 Å². The highest BCUT2D eigenvalue weighted by molar-refractivity contribution is 6.07. The molecule has 0 fully saturated rings. The van der Waals surface area contributed by atoms with E-state index in [-0.39, 0.29) is 11.5 Å². The maximum Gasteiger partial charge on any atom is 0.186 e. The summed E-state index contributed by atoms with van der Waals surface area (Å²) in [5.41, 5.74) is 4.82. The maximum atomic E-state index is 12.2. The summed E-state index contributed by atoms with van der Waals surface area (Å²) < 4.78 is 0. The fourth-order valence-electron chi connectivity index (χ4n) is 2.12. The Morgan fingerprint density at radius 3 is 2.40 bits per heavy atom. The molecule has 0 atom stereocenters. The predicted octanol–water partition coefficient (Wildman–Crippen LogP) is 4.21. The average Bonchev–Trinajstić information content (AvgIpc) is 2.40. The van der Waals surface area contributed by atoms with Gasteiger partial charge in [-0.3, -0.25) is 4.79 Å². The minimum Gasteiger partial charge on any atom is -0.508 e. The van der Waals surface area contributed by atoms with Gasteiger partial charge in [0.15, 0.2) is 5.78 Å². The first-order chi connectivity index (χ1) is 9.47. The molecule has 0 bridgehead atoms. The number of phenolic OH excluding ortho intramolecular Hbond substituents is 1. The van der Waals surface area contributed by atoms with E-state index >= 15 is 0 Å². The van der Waals surface area contributed by atoms with Crippen molar-refractivity contribution in [3.8, 4) is 5.75 Å². The zero-order valence-electron chi connectivity index (χ0n) is 12.0. The van der Waals surface area contributed by atoms with Crippen molar-refractivity contribution in [3.05, 3.63) is 70.3 Å². The van der Waals surface area contributed by atoms with Crippen LogP contribution in [0.4, 0.5) is 0 Å². The molecule has 0 aromatic heterocycles. The molecule has 2 aromatic carbocycles. The van der Waals surface area contributed by atoms with E-state index in [4.69, 9.17) is 0 Å². The Labute approximate surface area is 119 Å². The first-order valence-corrected chi connectivity index (χ1v) is 6.56. The van der Waals surface area contributed by atoms with Crippen molar-refractivity contribution in [2.45, 2.75) is 20.8 Å². The van der Waals surface area contributed by atoms with Crippen LogP contribution in [-0.4, -0.2) is 10.9 Å². The molecule has 1 N–H and O–H groups in total. The van der Waals surface area contributed by atoms with E-state index in [9.17, 15) is 9.90 Å². The summed E-state index contributed by atoms with van der Waals surface area (Å²) in [6, 6.07) is 10.8. The van der Waals surface area contributed by atoms with Crippen LogP contribution >= 0.6 is 0 Å². The number of phenols is 1. The van der Waals surface area contributed by atoms with Crippen molar-refractivity contribution in [3.63, 3.8) is 0 Å². The van der Waals surface area contributed by atoms with Crippen LogP contribution in [0.2, 0.25) is 0 Å². The number of hydrogen-bond acceptors (Lipinski definition) is 2. The fraction of sp³-hybridized carbons (Fsp3) is 0.167. The molecule has 0 unspecified atom stereocenters. The van der Waals surface area contributed by atoms with Crippen LogP contribution in [0.25, 0.3) is 6.08 Å². The normalized spacial score (nSPS) is 10.9. The maximum absolute atomic E-state index is 12.2. The molecule has 2 nitrogen and oxygen atoms in total. The molecule has 0 saturated carbocycles. The smallest absolute Gasteiger partial charge is 0.186 e.